The number of aromatic nitrogens is 1. The van der Waals surface area contributed by atoms with Gasteiger partial charge in [0.15, 0.2) is 0 Å². The predicted octanol–water partition coefficient (Wildman–Crippen LogP) is 6.91. The first-order valence-corrected chi connectivity index (χ1v) is 8.99. The van der Waals surface area contributed by atoms with Gasteiger partial charge in [-0.15, -0.1) is 0 Å². The van der Waals surface area contributed by atoms with Crippen molar-refractivity contribution in [1.82, 2.24) is 4.57 Å². The molecule has 0 N–H and O–H groups in total. The van der Waals surface area contributed by atoms with Crippen LogP contribution in [0.3, 0.4) is 0 Å². The van der Waals surface area contributed by atoms with E-state index in [1.165, 1.54) is 4.57 Å². The molecular formula is C21H19Cl2NO2. The molecule has 0 fully saturated rings. The highest BCUT2D eigenvalue weighted by Gasteiger charge is 2.29. The van der Waals surface area contributed by atoms with Crippen molar-refractivity contribution in [1.29, 1.82) is 0 Å². The van der Waals surface area contributed by atoms with E-state index in [4.69, 9.17) is 27.9 Å². The minimum atomic E-state index is -0.659. The van der Waals surface area contributed by atoms with Gasteiger partial charge in [0.25, 0.3) is 0 Å². The Balaban J connectivity index is 2.26. The number of ether oxygens (including phenoxy) is 1. The molecule has 0 spiro atoms. The fraction of sp³-hybridized carbons (Fsp3) is 0.190. The first-order valence-electron chi connectivity index (χ1n) is 8.23. The van der Waals surface area contributed by atoms with Gasteiger partial charge in [-0.2, -0.15) is 0 Å². The molecule has 26 heavy (non-hydrogen) atoms. The maximum Gasteiger partial charge on any atom is 0.420 e. The van der Waals surface area contributed by atoms with Crippen LogP contribution in [0.1, 0.15) is 20.8 Å². The average molecular weight is 388 g/mol. The van der Waals surface area contributed by atoms with Gasteiger partial charge in [0, 0.05) is 11.1 Å². The Morgan fingerprint density at radius 3 is 1.54 bits per heavy atom. The Morgan fingerprint density at radius 2 is 1.19 bits per heavy atom. The van der Waals surface area contributed by atoms with Crippen LogP contribution in [-0.2, 0) is 4.74 Å². The summed E-state index contributed by atoms with van der Waals surface area (Å²) in [6, 6.07) is 19.2. The summed E-state index contributed by atoms with van der Waals surface area (Å²) >= 11 is 13.2. The van der Waals surface area contributed by atoms with E-state index in [0.29, 0.717) is 11.1 Å². The molecule has 0 unspecified atom stereocenters. The second-order valence-electron chi connectivity index (χ2n) is 6.88. The van der Waals surface area contributed by atoms with E-state index in [1.54, 1.807) is 20.8 Å². The van der Waals surface area contributed by atoms with E-state index in [1.807, 2.05) is 60.7 Å². The molecule has 0 bridgehead atoms. The molecule has 0 saturated carbocycles. The number of rotatable bonds is 2. The second-order valence-corrected chi connectivity index (χ2v) is 7.60. The maximum absolute atomic E-state index is 12.7. The van der Waals surface area contributed by atoms with Gasteiger partial charge in [0.05, 0.1) is 0 Å². The molecule has 0 aliphatic rings. The average Bonchev–Trinajstić information content (AvgIpc) is 2.85. The van der Waals surface area contributed by atoms with Crippen LogP contribution in [0.4, 0.5) is 4.79 Å². The van der Waals surface area contributed by atoms with Gasteiger partial charge in [-0.25, -0.2) is 9.36 Å². The lowest BCUT2D eigenvalue weighted by atomic mass is 9.99. The molecule has 2 aromatic carbocycles. The summed E-state index contributed by atoms with van der Waals surface area (Å²) in [7, 11) is 0. The molecule has 3 rings (SSSR count). The van der Waals surface area contributed by atoms with Gasteiger partial charge in [-0.05, 0) is 31.9 Å². The monoisotopic (exact) mass is 387 g/mol. The molecule has 0 saturated heterocycles. The number of benzene rings is 2. The van der Waals surface area contributed by atoms with Crippen molar-refractivity contribution in [3.05, 3.63) is 71.0 Å². The van der Waals surface area contributed by atoms with Crippen molar-refractivity contribution in [3.8, 4) is 22.3 Å². The Bertz CT molecular complexity index is 863. The molecule has 0 radical (unpaired) electrons. The second kappa shape index (κ2) is 7.18. The largest absolute Gasteiger partial charge is 0.443 e. The van der Waals surface area contributed by atoms with E-state index in [-0.39, 0.29) is 10.3 Å². The lowest BCUT2D eigenvalue weighted by Crippen LogP contribution is -2.27. The predicted molar refractivity (Wildman–Crippen MR) is 107 cm³/mol. The molecule has 0 amide bonds. The topological polar surface area (TPSA) is 31.2 Å². The van der Waals surface area contributed by atoms with Crippen LogP contribution in [0.5, 0.6) is 0 Å². The summed E-state index contributed by atoms with van der Waals surface area (Å²) in [5, 5.41) is 0.462. The Kier molecular flexibility index (Phi) is 5.12. The van der Waals surface area contributed by atoms with E-state index >= 15 is 0 Å². The van der Waals surface area contributed by atoms with Crippen LogP contribution in [0.2, 0.25) is 10.3 Å². The number of nitrogens with zero attached hydrogens (tertiary/aromatic N) is 1. The SMILES string of the molecule is CC(C)(C)OC(=O)n1c(Cl)c(-c2ccccc2)c(-c2ccccc2)c1Cl. The van der Waals surface area contributed by atoms with Crippen molar-refractivity contribution in [2.45, 2.75) is 26.4 Å². The maximum atomic E-state index is 12.7. The molecule has 1 heterocycles. The van der Waals surface area contributed by atoms with Crippen LogP contribution < -0.4 is 0 Å². The fourth-order valence-electron chi connectivity index (χ4n) is 2.72. The molecular weight excluding hydrogens is 369 g/mol. The molecule has 3 nitrogen and oxygen atoms in total. The fourth-order valence-corrected chi connectivity index (χ4v) is 3.48. The molecule has 134 valence electrons. The van der Waals surface area contributed by atoms with Crippen LogP contribution in [0.25, 0.3) is 22.3 Å². The number of hydrogen-bond donors (Lipinski definition) is 0. The lowest BCUT2D eigenvalue weighted by molar-refractivity contribution is 0.0538. The molecule has 0 atom stereocenters. The van der Waals surface area contributed by atoms with Crippen molar-refractivity contribution < 1.29 is 9.53 Å². The highest BCUT2D eigenvalue weighted by molar-refractivity contribution is 6.40. The van der Waals surface area contributed by atoms with Crippen LogP contribution in [0.15, 0.2) is 60.7 Å². The van der Waals surface area contributed by atoms with Gasteiger partial charge in [-0.1, -0.05) is 83.9 Å². The summed E-state index contributed by atoms with van der Waals surface area (Å²) in [6.45, 7) is 5.39. The Labute approximate surface area is 163 Å². The van der Waals surface area contributed by atoms with Gasteiger partial charge in [0.2, 0.25) is 0 Å². The summed E-state index contributed by atoms with van der Waals surface area (Å²) in [6.07, 6.45) is -0.605. The van der Waals surface area contributed by atoms with Crippen LogP contribution in [-0.4, -0.2) is 16.3 Å². The standard InChI is InChI=1S/C21H19Cl2NO2/c1-21(2,3)26-20(25)24-18(22)16(14-10-6-4-7-11-14)17(19(24)23)15-12-8-5-9-13-15/h4-13H,1-3H3. The summed E-state index contributed by atoms with van der Waals surface area (Å²) in [5.41, 5.74) is 2.50. The number of hydrogen-bond acceptors (Lipinski definition) is 2. The zero-order valence-corrected chi connectivity index (χ0v) is 16.3. The summed E-state index contributed by atoms with van der Waals surface area (Å²) in [5.74, 6) is 0. The van der Waals surface area contributed by atoms with E-state index < -0.39 is 11.7 Å². The first-order chi connectivity index (χ1) is 12.3. The minimum Gasteiger partial charge on any atom is -0.443 e. The van der Waals surface area contributed by atoms with Crippen LogP contribution in [0, 0.1) is 0 Å². The smallest absolute Gasteiger partial charge is 0.420 e. The first kappa shape index (κ1) is 18.6. The van der Waals surface area contributed by atoms with Crippen molar-refractivity contribution in [2.24, 2.45) is 0 Å². The highest BCUT2D eigenvalue weighted by atomic mass is 35.5. The molecule has 0 aliphatic carbocycles. The van der Waals surface area contributed by atoms with E-state index in [2.05, 4.69) is 0 Å². The van der Waals surface area contributed by atoms with Crippen molar-refractivity contribution >= 4 is 29.3 Å². The number of carbonyl (C=O) groups excluding carboxylic acids is 1. The Hall–Kier alpha value is -2.23. The molecule has 0 aliphatic heterocycles. The third-order valence-corrected chi connectivity index (χ3v) is 4.47. The van der Waals surface area contributed by atoms with E-state index in [9.17, 15) is 4.79 Å². The summed E-state index contributed by atoms with van der Waals surface area (Å²) in [4.78, 5) is 12.7. The number of carbonyl (C=O) groups is 1. The number of halogens is 2. The third-order valence-electron chi connectivity index (χ3n) is 3.76. The van der Waals surface area contributed by atoms with Crippen LogP contribution >= 0.6 is 23.2 Å². The van der Waals surface area contributed by atoms with Gasteiger partial charge >= 0.3 is 6.09 Å². The quantitative estimate of drug-likeness (QED) is 0.478. The van der Waals surface area contributed by atoms with Gasteiger partial charge < -0.3 is 4.74 Å². The zero-order valence-electron chi connectivity index (χ0n) is 14.8. The third kappa shape index (κ3) is 3.64. The molecule has 1 aromatic heterocycles. The molecule has 3 aromatic rings. The van der Waals surface area contributed by atoms with Crippen molar-refractivity contribution in [2.75, 3.05) is 0 Å². The van der Waals surface area contributed by atoms with Gasteiger partial charge in [0.1, 0.15) is 15.9 Å². The minimum absolute atomic E-state index is 0.231. The van der Waals surface area contributed by atoms with E-state index in [0.717, 1.165) is 11.1 Å². The van der Waals surface area contributed by atoms with Gasteiger partial charge in [-0.3, -0.25) is 0 Å². The van der Waals surface area contributed by atoms with Crippen molar-refractivity contribution in [3.63, 3.8) is 0 Å². The molecule has 5 heteroatoms. The normalized spacial score (nSPS) is 11.4. The Morgan fingerprint density at radius 1 is 0.808 bits per heavy atom. The highest BCUT2D eigenvalue weighted by Crippen LogP contribution is 2.45. The summed E-state index contributed by atoms with van der Waals surface area (Å²) < 4.78 is 6.70. The lowest BCUT2D eigenvalue weighted by Gasteiger charge is -2.20. The zero-order chi connectivity index (χ0) is 18.9.